The molecular weight excluding hydrogens is 452 g/mol. The number of rotatable bonds is 6. The normalized spacial score (nSPS) is 19.9. The average molecular weight is 481 g/mol. The molecule has 35 heavy (non-hydrogen) atoms. The van der Waals surface area contributed by atoms with Gasteiger partial charge in [0.2, 0.25) is 11.9 Å². The first-order chi connectivity index (χ1) is 16.9. The van der Waals surface area contributed by atoms with Gasteiger partial charge in [0.25, 0.3) is 0 Å². The largest absolute Gasteiger partial charge is 0.333 e. The number of benzene rings is 2. The zero-order chi connectivity index (χ0) is 25.0. The number of nitrogens with zero attached hydrogens (tertiary/aromatic N) is 3. The molecule has 3 aromatic rings. The van der Waals surface area contributed by atoms with Gasteiger partial charge in [0.1, 0.15) is 5.54 Å². The van der Waals surface area contributed by atoms with E-state index in [9.17, 15) is 10.1 Å². The minimum Gasteiger partial charge on any atom is -0.333 e. The number of hydrogen-bond acceptors (Lipinski definition) is 5. The van der Waals surface area contributed by atoms with E-state index in [2.05, 4.69) is 60.6 Å². The minimum atomic E-state index is -0.763. The molecule has 5 nitrogen and oxygen atoms in total. The van der Waals surface area contributed by atoms with Crippen molar-refractivity contribution < 1.29 is 4.79 Å². The van der Waals surface area contributed by atoms with Crippen molar-refractivity contribution >= 4 is 29.3 Å². The van der Waals surface area contributed by atoms with Crippen LogP contribution in [-0.2, 0) is 10.3 Å². The predicted octanol–water partition coefficient (Wildman–Crippen LogP) is 6.09. The van der Waals surface area contributed by atoms with Crippen LogP contribution in [0.4, 0.5) is 0 Å². The summed E-state index contributed by atoms with van der Waals surface area (Å²) in [6.45, 7) is 7.84. The third kappa shape index (κ3) is 4.82. The molecule has 0 saturated carbocycles. The van der Waals surface area contributed by atoms with Gasteiger partial charge in [0.15, 0.2) is 0 Å². The number of nitriles is 1. The van der Waals surface area contributed by atoms with Gasteiger partial charge >= 0.3 is 0 Å². The van der Waals surface area contributed by atoms with E-state index in [1.807, 2.05) is 37.3 Å². The highest BCUT2D eigenvalue weighted by molar-refractivity contribution is 7.10. The summed E-state index contributed by atoms with van der Waals surface area (Å²) in [5.41, 5.74) is 4.17. The van der Waals surface area contributed by atoms with Crippen molar-refractivity contribution in [2.75, 3.05) is 7.05 Å². The molecule has 2 aromatic carbocycles. The Hall–Kier alpha value is -3.95. The molecule has 6 heteroatoms. The predicted molar refractivity (Wildman–Crippen MR) is 144 cm³/mol. The van der Waals surface area contributed by atoms with Crippen LogP contribution in [0.15, 0.2) is 83.8 Å². The summed E-state index contributed by atoms with van der Waals surface area (Å²) in [7, 11) is 1.74. The summed E-state index contributed by atoms with van der Waals surface area (Å²) in [5, 5.41) is 14.4. The Balaban J connectivity index is 1.73. The summed E-state index contributed by atoms with van der Waals surface area (Å²) in [6, 6.07) is 20.0. The van der Waals surface area contributed by atoms with Crippen molar-refractivity contribution in [3.8, 4) is 17.2 Å². The van der Waals surface area contributed by atoms with Crippen molar-refractivity contribution in [2.24, 2.45) is 10.9 Å². The minimum absolute atomic E-state index is 0.00251. The van der Waals surface area contributed by atoms with Gasteiger partial charge in [0, 0.05) is 11.9 Å². The van der Waals surface area contributed by atoms with Crippen LogP contribution in [-0.4, -0.2) is 23.8 Å². The molecular formula is C29H28N4OS. The van der Waals surface area contributed by atoms with Gasteiger partial charge in [0.05, 0.1) is 17.6 Å². The topological polar surface area (TPSA) is 68.5 Å². The first kappa shape index (κ1) is 24.2. The Bertz CT molecular complexity index is 1360. The van der Waals surface area contributed by atoms with E-state index in [4.69, 9.17) is 4.99 Å². The summed E-state index contributed by atoms with van der Waals surface area (Å²) < 4.78 is 0. The Morgan fingerprint density at radius 1 is 1.23 bits per heavy atom. The van der Waals surface area contributed by atoms with Crippen LogP contribution in [0.3, 0.4) is 0 Å². The second-order valence-corrected chi connectivity index (χ2v) is 9.68. The highest BCUT2D eigenvalue weighted by atomic mass is 32.1. The fraction of sp³-hybridized carbons (Fsp3) is 0.207. The molecule has 0 saturated heterocycles. The second-order valence-electron chi connectivity index (χ2n) is 8.77. The lowest BCUT2D eigenvalue weighted by Gasteiger charge is -2.40. The number of aliphatic imine (C=N–C) groups is 1. The van der Waals surface area contributed by atoms with Gasteiger partial charge in [-0.1, -0.05) is 55.1 Å². The number of amides is 1. The van der Waals surface area contributed by atoms with Gasteiger partial charge in [-0.05, 0) is 72.3 Å². The molecule has 0 bridgehead atoms. The number of aryl methyl sites for hydroxylation is 1. The number of nitrogens with one attached hydrogen (secondary N) is 1. The average Bonchev–Trinajstić information content (AvgIpc) is 3.37. The van der Waals surface area contributed by atoms with Crippen LogP contribution >= 0.6 is 11.3 Å². The third-order valence-electron chi connectivity index (χ3n) is 6.48. The van der Waals surface area contributed by atoms with Crippen molar-refractivity contribution in [1.29, 1.82) is 5.26 Å². The summed E-state index contributed by atoms with van der Waals surface area (Å²) in [6.07, 6.45) is 6.24. The van der Waals surface area contributed by atoms with E-state index in [1.54, 1.807) is 29.4 Å². The zero-order valence-corrected chi connectivity index (χ0v) is 21.0. The number of hydrogen-bond donors (Lipinski definition) is 1. The molecule has 1 unspecified atom stereocenters. The summed E-state index contributed by atoms with van der Waals surface area (Å²) in [5.74, 6) is 0.107. The first-order valence-electron chi connectivity index (χ1n) is 11.4. The highest BCUT2D eigenvalue weighted by Crippen LogP contribution is 2.44. The van der Waals surface area contributed by atoms with Gasteiger partial charge < -0.3 is 5.32 Å². The summed E-state index contributed by atoms with van der Waals surface area (Å²) in [4.78, 5) is 21.2. The molecule has 1 aliphatic heterocycles. The smallest absolute Gasteiger partial charge is 0.235 e. The number of carbonyl (C=O) groups is 1. The molecule has 1 aromatic heterocycles. The quantitative estimate of drug-likeness (QED) is 0.464. The second kappa shape index (κ2) is 10.1. The maximum atomic E-state index is 13.6. The molecule has 2 atom stereocenters. The van der Waals surface area contributed by atoms with Crippen molar-refractivity contribution in [3.63, 3.8) is 0 Å². The Morgan fingerprint density at radius 2 is 2.03 bits per heavy atom. The molecule has 0 fully saturated rings. The fourth-order valence-corrected chi connectivity index (χ4v) is 5.43. The Kier molecular flexibility index (Phi) is 6.99. The molecule has 1 N–H and O–H groups in total. The van der Waals surface area contributed by atoms with Crippen LogP contribution in [0.2, 0.25) is 0 Å². The maximum absolute atomic E-state index is 13.6. The van der Waals surface area contributed by atoms with Crippen LogP contribution < -0.4 is 5.32 Å². The third-order valence-corrected chi connectivity index (χ3v) is 7.63. The Labute approximate surface area is 210 Å². The molecule has 0 spiro atoms. The standard InChI is InChI=1S/C29H28N4OS/c1-5-31-28-32-29(3,26-17-24(19-35-26)23-14-8-11-21(16-23)18-30)25(27(34)33(28)4)15-9-13-22-12-7-6-10-20(22)2/h5-14,16-17,19,25H,1,15H2,2-4H3,(H,31,32)/b13-9+/t25?,29-/m0/s1. The van der Waals surface area contributed by atoms with Crippen molar-refractivity contribution in [1.82, 2.24) is 10.2 Å². The van der Waals surface area contributed by atoms with Gasteiger partial charge in [-0.25, -0.2) is 4.99 Å². The monoisotopic (exact) mass is 480 g/mol. The molecule has 176 valence electrons. The maximum Gasteiger partial charge on any atom is 0.235 e. The van der Waals surface area contributed by atoms with E-state index < -0.39 is 5.54 Å². The van der Waals surface area contributed by atoms with Gasteiger partial charge in [-0.15, -0.1) is 11.3 Å². The zero-order valence-electron chi connectivity index (χ0n) is 20.2. The van der Waals surface area contributed by atoms with Crippen LogP contribution in [0.1, 0.15) is 34.9 Å². The molecule has 0 aliphatic carbocycles. The number of thiophene rings is 1. The highest BCUT2D eigenvalue weighted by Gasteiger charge is 2.46. The molecule has 1 amide bonds. The number of carbonyl (C=O) groups excluding carboxylic acids is 1. The molecule has 4 rings (SSSR count). The van der Waals surface area contributed by atoms with Crippen LogP contribution in [0.25, 0.3) is 17.2 Å². The first-order valence-corrected chi connectivity index (χ1v) is 12.3. The lowest BCUT2D eigenvalue weighted by atomic mass is 9.79. The van der Waals surface area contributed by atoms with Crippen LogP contribution in [0.5, 0.6) is 0 Å². The lowest BCUT2D eigenvalue weighted by molar-refractivity contribution is -0.134. The van der Waals surface area contributed by atoms with E-state index in [1.165, 1.54) is 11.8 Å². The van der Waals surface area contributed by atoms with E-state index >= 15 is 0 Å². The van der Waals surface area contributed by atoms with Gasteiger partial charge in [-0.3, -0.25) is 9.69 Å². The lowest BCUT2D eigenvalue weighted by Crippen LogP contribution is -2.54. The SMILES string of the molecule is C=CNC1=N[C@](C)(c2cc(-c3cccc(C#N)c3)cs2)C(C/C=C/c2ccccc2C)C(=O)N1C. The van der Waals surface area contributed by atoms with E-state index in [-0.39, 0.29) is 11.8 Å². The van der Waals surface area contributed by atoms with E-state index in [0.717, 1.165) is 21.6 Å². The Morgan fingerprint density at radius 3 is 2.77 bits per heavy atom. The molecule has 2 heterocycles. The van der Waals surface area contributed by atoms with Crippen molar-refractivity contribution in [3.05, 3.63) is 100 Å². The fourth-order valence-electron chi connectivity index (χ4n) is 4.36. The molecule has 0 radical (unpaired) electrons. The number of guanidine groups is 1. The van der Waals surface area contributed by atoms with Gasteiger partial charge in [-0.2, -0.15) is 5.26 Å². The summed E-state index contributed by atoms with van der Waals surface area (Å²) >= 11 is 1.58. The number of allylic oxidation sites excluding steroid dienone is 1. The van der Waals surface area contributed by atoms with Crippen molar-refractivity contribution in [2.45, 2.75) is 25.8 Å². The van der Waals surface area contributed by atoms with E-state index in [0.29, 0.717) is 17.9 Å². The molecule has 1 aliphatic rings. The van der Waals surface area contributed by atoms with Crippen LogP contribution in [0, 0.1) is 24.2 Å².